The second kappa shape index (κ2) is 35.5. The number of carbonyl (C=O) groups is 2. The molecule has 0 aliphatic heterocycles. The third-order valence-electron chi connectivity index (χ3n) is 10.2. The molecule has 0 saturated carbocycles. The van der Waals surface area contributed by atoms with Gasteiger partial charge in [0.1, 0.15) is 22.4 Å². The van der Waals surface area contributed by atoms with Gasteiger partial charge in [0.25, 0.3) is 0 Å². The number of para-hydroxylation sites is 8. The highest BCUT2D eigenvalue weighted by Crippen LogP contribution is 2.22. The Morgan fingerprint density at radius 2 is 0.988 bits per heavy atom. The molecule has 0 fully saturated rings. The van der Waals surface area contributed by atoms with Gasteiger partial charge in [-0.1, -0.05) is 76.7 Å². The van der Waals surface area contributed by atoms with E-state index < -0.39 is 39.0 Å². The summed E-state index contributed by atoms with van der Waals surface area (Å²) in [5.41, 5.74) is 14.9. The van der Waals surface area contributed by atoms with Gasteiger partial charge in [0, 0.05) is 0 Å². The smallest absolute Gasteiger partial charge is 0.373 e. The zero-order valence-corrected chi connectivity index (χ0v) is 48.8. The maximum absolute atomic E-state index is 12.3. The Morgan fingerprint density at radius 1 is 0.617 bits per heavy atom. The fourth-order valence-electron chi connectivity index (χ4n) is 5.98. The topological polar surface area (TPSA) is 308 Å². The molecule has 0 aliphatic rings. The van der Waals surface area contributed by atoms with E-state index in [1.54, 1.807) is 25.5 Å². The van der Waals surface area contributed by atoms with Gasteiger partial charge in [0.05, 0.1) is 148 Å². The van der Waals surface area contributed by atoms with Crippen LogP contribution in [0.4, 0.5) is 0 Å². The van der Waals surface area contributed by atoms with Crippen molar-refractivity contribution in [1.82, 2.24) is 44.6 Å². The molecule has 0 spiro atoms. The first kappa shape index (κ1) is 71.8. The van der Waals surface area contributed by atoms with E-state index in [0.717, 1.165) is 62.7 Å². The number of aldehydes is 1. The summed E-state index contributed by atoms with van der Waals surface area (Å²) in [6, 6.07) is 29.9. The minimum atomic E-state index is -1.27. The van der Waals surface area contributed by atoms with Crippen molar-refractivity contribution < 1.29 is 36.5 Å². The van der Waals surface area contributed by atoms with Crippen LogP contribution in [0.1, 0.15) is 150 Å². The SMILES string of the molecule is C.C.CC(C)(C)S(=O)N=Cc1cnc2ccccc2n1.CC(C)(C)S(N)=O.CCCC(NS(=O)C(C)(C)C)c1cnc2ccccc2n1.CCOC(=O)CC(N)c1cnc2ccccc2n1.O=C=O.O=Cc1cnc2ccccc2n1. The summed E-state index contributed by atoms with van der Waals surface area (Å²) >= 11 is 0. The van der Waals surface area contributed by atoms with Crippen LogP contribution in [0.3, 0.4) is 0 Å². The molecule has 0 bridgehead atoms. The normalized spacial score (nSPS) is 12.8. The van der Waals surface area contributed by atoms with Crippen molar-refractivity contribution in [2.75, 3.05) is 6.61 Å². The van der Waals surface area contributed by atoms with Crippen molar-refractivity contribution in [2.45, 2.75) is 137 Å². The number of nitrogens with zero attached hydrogens (tertiary/aromatic N) is 9. The monoisotopic (exact) mass is 1170 g/mol. The molecule has 20 nitrogen and oxygen atoms in total. The van der Waals surface area contributed by atoms with E-state index in [1.807, 2.05) is 159 Å². The minimum Gasteiger partial charge on any atom is -0.466 e. The Bertz CT molecular complexity index is 3380. The molecular weight excluding hydrogens is 1090 g/mol. The molecule has 8 rings (SSSR count). The third-order valence-corrected chi connectivity index (χ3v) is 14.4. The minimum absolute atomic E-state index is 0. The summed E-state index contributed by atoms with van der Waals surface area (Å²) in [6.07, 6.45) is 10.9. The van der Waals surface area contributed by atoms with Crippen LogP contribution in [0, 0.1) is 0 Å². The number of rotatable bonds is 12. The molecule has 4 heterocycles. The third kappa shape index (κ3) is 25.4. The summed E-state index contributed by atoms with van der Waals surface area (Å²) in [5, 5.41) is 5.04. The average Bonchev–Trinajstić information content (AvgIpc) is 3.42. The number of hydrogen-bond acceptors (Lipinski definition) is 17. The Morgan fingerprint density at radius 3 is 1.37 bits per heavy atom. The lowest BCUT2D eigenvalue weighted by Crippen LogP contribution is -2.36. The number of ether oxygens (including phenoxy) is 1. The fourth-order valence-corrected chi connectivity index (χ4v) is 7.35. The first-order valence-corrected chi connectivity index (χ1v) is 28.3. The molecule has 0 saturated heterocycles. The summed E-state index contributed by atoms with van der Waals surface area (Å²) in [5.74, 6) is -0.319. The number of nitrogens with two attached hydrogens (primary N) is 2. The number of aromatic nitrogens is 8. The van der Waals surface area contributed by atoms with Crippen molar-refractivity contribution in [3.63, 3.8) is 0 Å². The van der Waals surface area contributed by atoms with Crippen LogP contribution >= 0.6 is 0 Å². The second-order valence-corrected chi connectivity index (χ2v) is 25.5. The van der Waals surface area contributed by atoms with Crippen molar-refractivity contribution in [3.8, 4) is 0 Å². The summed E-state index contributed by atoms with van der Waals surface area (Å²) in [4.78, 5) is 72.5. The van der Waals surface area contributed by atoms with Crippen LogP contribution in [0.15, 0.2) is 126 Å². The van der Waals surface area contributed by atoms with Crippen LogP contribution < -0.4 is 15.6 Å². The molecule has 4 aromatic carbocycles. The van der Waals surface area contributed by atoms with Gasteiger partial charge in [-0.05, 0) is 124 Å². The number of carbonyl (C=O) groups excluding carboxylic acids is 4. The van der Waals surface area contributed by atoms with Crippen LogP contribution in [-0.4, -0.2) is 98.0 Å². The first-order valence-electron chi connectivity index (χ1n) is 24.9. The molecule has 0 aliphatic carbocycles. The van der Waals surface area contributed by atoms with Gasteiger partial charge < -0.3 is 10.5 Å². The first-order chi connectivity index (χ1) is 37.3. The Hall–Kier alpha value is -7.24. The highest BCUT2D eigenvalue weighted by molar-refractivity contribution is 7.85. The van der Waals surface area contributed by atoms with Crippen LogP contribution in [0.25, 0.3) is 44.1 Å². The van der Waals surface area contributed by atoms with Gasteiger partial charge in [-0.3, -0.25) is 34.7 Å². The van der Waals surface area contributed by atoms with Crippen molar-refractivity contribution >= 4 is 102 Å². The predicted molar refractivity (Wildman–Crippen MR) is 326 cm³/mol. The Balaban J connectivity index is 0.000000512. The van der Waals surface area contributed by atoms with Gasteiger partial charge in [-0.25, -0.2) is 37.3 Å². The standard InChI is InChI=1S/C16H23N3OS.C13H15N3O2.C13H15N3OS.C9H6N2O.C4H11NOS.CO2.2CH4/c1-5-8-14(19-21(20)16(2,3)4)15-11-17-12-9-6-7-10-13(12)18-15;1-2-18-13(17)7-9(14)12-8-15-10-5-3-4-6-11(10)16-12;1-13(2,3)18(17)15-9-10-8-14-11-6-4-5-7-12(11)16-10;12-6-7-5-10-8-3-1-2-4-9(8)11-7;1-4(2,3)7(5)6;2-1-3;;/h6-7,9-11,14,19H,5,8H2,1-4H3;3-6,8-9H,2,7,14H2,1H3;4-9H,1-3H3;1-6H;5H2,1-3H3;;2*1H4. The molecule has 436 valence electrons. The lowest BCUT2D eigenvalue weighted by molar-refractivity contribution is -0.191. The fraction of sp³-hybridized carbons (Fsp3) is 0.379. The quantitative estimate of drug-likeness (QED) is 0.0582. The lowest BCUT2D eigenvalue weighted by Gasteiger charge is -2.23. The zero-order valence-electron chi connectivity index (χ0n) is 46.4. The maximum Gasteiger partial charge on any atom is 0.373 e. The molecular formula is C58H78N12O8S3. The predicted octanol–water partition coefficient (Wildman–Crippen LogP) is 10.2. The molecule has 8 aromatic rings. The van der Waals surface area contributed by atoms with Crippen LogP contribution in [0.2, 0.25) is 0 Å². The van der Waals surface area contributed by atoms with E-state index in [2.05, 4.69) is 55.9 Å². The number of fused-ring (bicyclic) bond motifs is 4. The van der Waals surface area contributed by atoms with Gasteiger partial charge in [0.2, 0.25) is 0 Å². The Kier molecular flexibility index (Phi) is 31.4. The summed E-state index contributed by atoms with van der Waals surface area (Å²) in [6.45, 7) is 21.3. The highest BCUT2D eigenvalue weighted by atomic mass is 32.2. The lowest BCUT2D eigenvalue weighted by atomic mass is 10.1. The molecule has 4 aromatic heterocycles. The summed E-state index contributed by atoms with van der Waals surface area (Å²) in [7, 11) is -3.57. The molecule has 0 amide bonds. The largest absolute Gasteiger partial charge is 0.466 e. The molecule has 0 radical (unpaired) electrons. The van der Waals surface area contributed by atoms with E-state index in [4.69, 9.17) is 25.2 Å². The van der Waals surface area contributed by atoms with Crippen molar-refractivity contribution in [3.05, 3.63) is 145 Å². The molecule has 81 heavy (non-hydrogen) atoms. The van der Waals surface area contributed by atoms with Crippen LogP contribution in [-0.2, 0) is 52.1 Å². The van der Waals surface area contributed by atoms with E-state index in [9.17, 15) is 22.2 Å². The Labute approximate surface area is 483 Å². The van der Waals surface area contributed by atoms with E-state index in [0.29, 0.717) is 30.0 Å². The average molecular weight is 1170 g/mol. The van der Waals surface area contributed by atoms with Gasteiger partial charge in [0.15, 0.2) is 6.29 Å². The molecule has 5 atom stereocenters. The van der Waals surface area contributed by atoms with Gasteiger partial charge in [-0.2, -0.15) is 14.0 Å². The zero-order chi connectivity index (χ0) is 58.8. The number of esters is 1. The van der Waals surface area contributed by atoms with Gasteiger partial charge >= 0.3 is 12.1 Å². The number of hydrogen-bond donors (Lipinski definition) is 3. The van der Waals surface area contributed by atoms with Crippen LogP contribution in [0.5, 0.6) is 0 Å². The molecule has 23 heteroatoms. The van der Waals surface area contributed by atoms with Gasteiger partial charge in [-0.15, -0.1) is 0 Å². The van der Waals surface area contributed by atoms with E-state index in [1.165, 1.54) is 12.4 Å². The van der Waals surface area contributed by atoms with E-state index >= 15 is 0 Å². The van der Waals surface area contributed by atoms with Crippen molar-refractivity contribution in [1.29, 1.82) is 0 Å². The highest BCUT2D eigenvalue weighted by Gasteiger charge is 2.24. The number of benzene rings is 4. The number of nitrogens with one attached hydrogen (secondary N) is 1. The van der Waals surface area contributed by atoms with Crippen molar-refractivity contribution in [2.24, 2.45) is 15.3 Å². The molecule has 5 unspecified atom stereocenters. The second-order valence-electron chi connectivity index (χ2n) is 19.8. The molecule has 5 N–H and O–H groups in total. The summed E-state index contributed by atoms with van der Waals surface area (Å²) < 4.78 is 45.6. The maximum atomic E-state index is 12.3. The van der Waals surface area contributed by atoms with E-state index in [-0.39, 0.29) is 53.7 Å².